The molecule has 15 amide bonds. The van der Waals surface area contributed by atoms with Gasteiger partial charge in [0, 0.05) is 102 Å². The van der Waals surface area contributed by atoms with Gasteiger partial charge in [-0.3, -0.25) is 81.5 Å². The number of amides is 15. The highest BCUT2D eigenvalue weighted by molar-refractivity contribution is 7.80. The van der Waals surface area contributed by atoms with E-state index < -0.39 is 246 Å². The number of H-pyrrole nitrogens is 3. The van der Waals surface area contributed by atoms with E-state index in [-0.39, 0.29) is 76.3 Å². The highest BCUT2D eigenvalue weighted by Crippen LogP contribution is 2.28. The van der Waals surface area contributed by atoms with E-state index in [2.05, 4.69) is 114 Å². The zero-order chi connectivity index (χ0) is 92.0. The molecule has 6 heterocycles. The first-order valence-corrected chi connectivity index (χ1v) is 43.0. The second-order valence-electron chi connectivity index (χ2n) is 34.0. The standard InChI is InChI=1S/C83H118N20O20S2/c1-40(2)25-54-70(110)88-35-64(105)91-53(22-23-65(106)107)71(111)94-55(26-41(3)4)76(116)100-67(42(5)6)80(120)97-57(28-46-33-87-52-20-15-13-18-50(46)52)73(113)99-61(38-125)78(118)101-68(44(8)104)82(122)102-24-16-21-62(102)81(121)103-36-47(84)29-63(103)79(119)96-59(31-66(108)123-83(9,10)11)75(115)98-60(37-124)77(117)90-43(7)69(109)92-56(27-45-32-86-51-19-14-12-17-49(45)51)72(112)95-58(74(114)93-54)30-48-34-85-39-89-48/h12-15,17-20,32-34,39-44,47,53-63,67-68,86-87,104,124-125H,16,21-31,35-38,84H2,1-11H3,(H,85,89)(H,88,110)(H,90,117)(H,91,105)(H,92,109)(H,93,114)(H,94,111)(H,95,112)(H,96,119)(H,97,120)(H,98,115)(H,99,113)(H,100,116)(H,101,118)(H,106,107)/t43-,44+,47-,53-,54-,55-,56-,57-,58-,59-,60-,61-,62+,63-,67-,68-/m0/s1. The lowest BCUT2D eigenvalue weighted by Gasteiger charge is -2.34. The third kappa shape index (κ3) is 28.2. The number of thiol groups is 2. The van der Waals surface area contributed by atoms with Gasteiger partial charge >= 0.3 is 11.9 Å². The van der Waals surface area contributed by atoms with Crippen LogP contribution < -0.4 is 74.9 Å². The molecule has 5 aromatic rings. The summed E-state index contributed by atoms with van der Waals surface area (Å²) in [7, 11) is 0. The van der Waals surface area contributed by atoms with Crippen molar-refractivity contribution >= 4 is 148 Å². The van der Waals surface area contributed by atoms with E-state index in [1.165, 1.54) is 26.4 Å². The number of para-hydroxylation sites is 2. The van der Waals surface area contributed by atoms with E-state index in [9.17, 15) is 82.1 Å². The van der Waals surface area contributed by atoms with Crippen LogP contribution in [-0.4, -0.2) is 274 Å². The third-order valence-corrected chi connectivity index (χ3v) is 22.0. The van der Waals surface area contributed by atoms with Gasteiger partial charge in [0.05, 0.1) is 25.4 Å². The fraction of sp³-hybridized carbons (Fsp3) is 0.566. The number of aromatic amines is 3. The van der Waals surface area contributed by atoms with Crippen LogP contribution in [0, 0.1) is 17.8 Å². The number of carboxylic acid groups (broad SMARTS) is 1. The first-order chi connectivity index (χ1) is 59.0. The molecular weight excluding hydrogens is 1660 g/mol. The second kappa shape index (κ2) is 45.3. The molecule has 16 atom stereocenters. The molecule has 3 aromatic heterocycles. The van der Waals surface area contributed by atoms with E-state index in [4.69, 9.17) is 10.5 Å². The number of fused-ring (bicyclic) bond motifs is 4. The van der Waals surface area contributed by atoms with Crippen molar-refractivity contribution in [3.05, 3.63) is 90.3 Å². The average Bonchev–Trinajstić information content (AvgIpc) is 1.64. The maximum Gasteiger partial charge on any atom is 0.308 e. The number of carbonyl (C=O) groups excluding carboxylic acids is 16. The lowest BCUT2D eigenvalue weighted by molar-refractivity contribution is -0.157. The second-order valence-corrected chi connectivity index (χ2v) is 34.7. The molecule has 682 valence electrons. The zero-order valence-electron chi connectivity index (χ0n) is 71.8. The predicted octanol–water partition coefficient (Wildman–Crippen LogP) is -2.13. The van der Waals surface area contributed by atoms with Crippen LogP contribution in [0.2, 0.25) is 0 Å². The Morgan fingerprint density at radius 1 is 0.536 bits per heavy atom. The van der Waals surface area contributed by atoms with Crippen LogP contribution in [-0.2, 0) is 106 Å². The Labute approximate surface area is 733 Å². The fourth-order valence-corrected chi connectivity index (χ4v) is 15.4. The lowest BCUT2D eigenvalue weighted by atomic mass is 9.98. The van der Waals surface area contributed by atoms with Crippen molar-refractivity contribution in [2.45, 2.75) is 249 Å². The van der Waals surface area contributed by atoms with Crippen molar-refractivity contribution in [2.75, 3.05) is 31.1 Å². The first-order valence-electron chi connectivity index (χ1n) is 41.7. The number of carboxylic acids is 1. The summed E-state index contributed by atoms with van der Waals surface area (Å²) in [6.45, 7) is 16.0. The van der Waals surface area contributed by atoms with Gasteiger partial charge in [-0.05, 0) is 114 Å². The van der Waals surface area contributed by atoms with Crippen molar-refractivity contribution in [3.8, 4) is 0 Å². The number of aliphatic hydroxyl groups excluding tert-OH is 1. The number of nitrogens with two attached hydrogens (primary N) is 1. The molecule has 0 spiro atoms. The number of nitrogens with zero attached hydrogens (tertiary/aromatic N) is 3. The summed E-state index contributed by atoms with van der Waals surface area (Å²) in [5, 5.41) is 56.1. The molecule has 2 aromatic carbocycles. The van der Waals surface area contributed by atoms with Crippen LogP contribution in [0.3, 0.4) is 0 Å². The topological polar surface area (TPSA) is 589 Å². The molecule has 0 radical (unpaired) electrons. The summed E-state index contributed by atoms with van der Waals surface area (Å²) < 4.78 is 5.55. The van der Waals surface area contributed by atoms with Gasteiger partial charge in [0.15, 0.2) is 0 Å². The highest BCUT2D eigenvalue weighted by atomic mass is 32.1. The Morgan fingerprint density at radius 2 is 1.01 bits per heavy atom. The van der Waals surface area contributed by atoms with Crippen LogP contribution in [0.4, 0.5) is 0 Å². The summed E-state index contributed by atoms with van der Waals surface area (Å²) >= 11 is 8.72. The summed E-state index contributed by atoms with van der Waals surface area (Å²) in [6, 6.07) is -8.79. The van der Waals surface area contributed by atoms with Crippen molar-refractivity contribution in [1.82, 2.24) is 98.9 Å². The fourth-order valence-electron chi connectivity index (χ4n) is 14.9. The molecule has 0 saturated carbocycles. The van der Waals surface area contributed by atoms with Crippen molar-refractivity contribution in [2.24, 2.45) is 23.5 Å². The normalized spacial score (nSPS) is 26.1. The third-order valence-electron chi connectivity index (χ3n) is 21.3. The van der Waals surface area contributed by atoms with Gasteiger partial charge in [-0.1, -0.05) is 77.9 Å². The Hall–Kier alpha value is -11.7. The number of nitrogens with one attached hydrogen (secondary N) is 16. The Balaban J connectivity index is 1.14. The molecule has 40 nitrogen and oxygen atoms in total. The molecular formula is C83H118N20O20S2. The summed E-state index contributed by atoms with van der Waals surface area (Å²) in [5.41, 5.74) is 8.00. The number of ether oxygens (including phenoxy) is 1. The van der Waals surface area contributed by atoms with Crippen molar-refractivity contribution < 1.29 is 96.5 Å². The molecule has 0 unspecified atom stereocenters. The van der Waals surface area contributed by atoms with Crippen LogP contribution in [0.1, 0.15) is 144 Å². The van der Waals surface area contributed by atoms with Gasteiger partial charge in [0.1, 0.15) is 90.2 Å². The minimum atomic E-state index is -1.85. The number of rotatable bonds is 19. The predicted molar refractivity (Wildman–Crippen MR) is 461 cm³/mol. The van der Waals surface area contributed by atoms with Crippen LogP contribution >= 0.6 is 25.3 Å². The number of imidazole rings is 1. The maximum atomic E-state index is 15.0. The summed E-state index contributed by atoms with van der Waals surface area (Å²) in [5.74, 6) is -19.4. The molecule has 0 aliphatic carbocycles. The molecule has 3 aliphatic heterocycles. The van der Waals surface area contributed by atoms with Gasteiger partial charge in [0.25, 0.3) is 0 Å². The number of benzene rings is 2. The van der Waals surface area contributed by atoms with Crippen LogP contribution in [0.5, 0.6) is 0 Å². The van der Waals surface area contributed by atoms with Gasteiger partial charge in [-0.25, -0.2) is 4.98 Å². The number of esters is 1. The Bertz CT molecular complexity index is 4720. The Kier molecular flexibility index (Phi) is 35.8. The zero-order valence-corrected chi connectivity index (χ0v) is 73.6. The number of aliphatic hydroxyl groups is 1. The largest absolute Gasteiger partial charge is 0.481 e. The average molecular weight is 1780 g/mol. The number of carbonyl (C=O) groups is 17. The Morgan fingerprint density at radius 3 is 1.53 bits per heavy atom. The number of aromatic nitrogens is 4. The van der Waals surface area contributed by atoms with Crippen LogP contribution in [0.25, 0.3) is 21.8 Å². The molecule has 3 fully saturated rings. The molecule has 0 bridgehead atoms. The van der Waals surface area contributed by atoms with E-state index in [0.717, 1.165) is 9.80 Å². The molecule has 3 saturated heterocycles. The number of hydrogen-bond donors (Lipinski definition) is 21. The first kappa shape index (κ1) is 98.8. The van der Waals surface area contributed by atoms with Gasteiger partial charge < -0.3 is 115 Å². The quantitative estimate of drug-likeness (QED) is 0.0310. The maximum absolute atomic E-state index is 15.0. The molecule has 42 heteroatoms. The molecule has 8 rings (SSSR count). The SMILES string of the molecule is CC(C)C[C@@H]1NC(=O)[C@H](Cc2cnc[nH]2)NC(=O)[C@H](Cc2c[nH]c3ccccc23)NC(=O)[C@H](C)NC(=O)[C@H](CS)NC(=O)[C@H](CC(=O)OC(C)(C)C)NC(=O)[C@@H]2C[C@H](N)CN2C(=O)[C@H]2CCCN2C(=O)[C@H]([C@@H](C)O)NC(=O)[C@H](CS)NC(=O)[C@H](Cc2c[nH]c3ccccc23)NC(=O)[C@H](C(C)C)NC(=O)[C@H](CC(C)C)NC(=O)[C@H](CCC(=O)O)NC(=O)CNC1=O. The molecule has 3 aliphatic rings. The van der Waals surface area contributed by atoms with Crippen LogP contribution in [0.15, 0.2) is 73.4 Å². The summed E-state index contributed by atoms with van der Waals surface area (Å²) in [6.07, 6.45) is 1.20. The minimum absolute atomic E-state index is 0.00590. The van der Waals surface area contributed by atoms with Gasteiger partial charge in [-0.15, -0.1) is 0 Å². The van der Waals surface area contributed by atoms with Gasteiger partial charge in [-0.2, -0.15) is 25.3 Å². The van der Waals surface area contributed by atoms with E-state index >= 15 is 9.59 Å². The van der Waals surface area contributed by atoms with E-state index in [0.29, 0.717) is 38.6 Å². The van der Waals surface area contributed by atoms with E-state index in [1.54, 1.807) is 123 Å². The molecule has 20 N–H and O–H groups in total. The van der Waals surface area contributed by atoms with Crippen molar-refractivity contribution in [3.63, 3.8) is 0 Å². The monoisotopic (exact) mass is 1780 g/mol. The van der Waals surface area contributed by atoms with Gasteiger partial charge in [0.2, 0.25) is 88.6 Å². The molecule has 125 heavy (non-hydrogen) atoms. The smallest absolute Gasteiger partial charge is 0.308 e. The highest BCUT2D eigenvalue weighted by Gasteiger charge is 2.48. The number of aliphatic carboxylic acids is 1. The van der Waals surface area contributed by atoms with E-state index in [1.807, 2.05) is 0 Å². The lowest BCUT2D eigenvalue weighted by Crippen LogP contribution is -2.62. The van der Waals surface area contributed by atoms with Crippen molar-refractivity contribution in [1.29, 1.82) is 0 Å². The summed E-state index contributed by atoms with van der Waals surface area (Å²) in [4.78, 5) is 261. The number of hydrogen-bond acceptors (Lipinski definition) is 23. The minimum Gasteiger partial charge on any atom is -0.481 e.